The molecule has 0 spiro atoms. The summed E-state index contributed by atoms with van der Waals surface area (Å²) in [5.41, 5.74) is 0.124. The average Bonchev–Trinajstić information content (AvgIpc) is 3.07. The molecule has 22 heavy (non-hydrogen) atoms. The fourth-order valence-electron chi connectivity index (χ4n) is 2.79. The Morgan fingerprint density at radius 1 is 1.27 bits per heavy atom. The lowest BCUT2D eigenvalue weighted by atomic mass is 9.91. The van der Waals surface area contributed by atoms with Crippen LogP contribution in [0.1, 0.15) is 38.0 Å². The third-order valence-corrected chi connectivity index (χ3v) is 5.51. The Labute approximate surface area is 139 Å². The van der Waals surface area contributed by atoms with E-state index in [1.54, 1.807) is 0 Å². The smallest absolute Gasteiger partial charge is 0.191 e. The predicted molar refractivity (Wildman–Crippen MR) is 97.0 cm³/mol. The van der Waals surface area contributed by atoms with Crippen LogP contribution in [0.2, 0.25) is 0 Å². The van der Waals surface area contributed by atoms with Gasteiger partial charge in [0.15, 0.2) is 5.96 Å². The molecule has 1 aliphatic heterocycles. The summed E-state index contributed by atoms with van der Waals surface area (Å²) in [6.07, 6.45) is 4.09. The van der Waals surface area contributed by atoms with Crippen LogP contribution in [0, 0.1) is 0 Å². The number of guanidine groups is 1. The van der Waals surface area contributed by atoms with E-state index in [9.17, 15) is 0 Å². The van der Waals surface area contributed by atoms with Crippen LogP contribution < -0.4 is 10.6 Å². The van der Waals surface area contributed by atoms with Crippen molar-refractivity contribution in [2.75, 3.05) is 39.8 Å². The summed E-state index contributed by atoms with van der Waals surface area (Å²) >= 11 is 1.82. The molecule has 0 aromatic carbocycles. The Hall–Kier alpha value is -1.07. The Morgan fingerprint density at radius 2 is 2.05 bits per heavy atom. The SMILES string of the molecule is CN=C(NCCN1CCCCC1)NCC(C)(C)c1cccs1. The number of aliphatic imine (C=N–C) groups is 1. The summed E-state index contributed by atoms with van der Waals surface area (Å²) in [5.74, 6) is 0.904. The predicted octanol–water partition coefficient (Wildman–Crippen LogP) is 2.68. The van der Waals surface area contributed by atoms with E-state index in [0.717, 1.165) is 25.6 Å². The maximum absolute atomic E-state index is 4.33. The van der Waals surface area contributed by atoms with Crippen molar-refractivity contribution in [3.8, 4) is 0 Å². The highest BCUT2D eigenvalue weighted by Crippen LogP contribution is 2.26. The minimum absolute atomic E-state index is 0.124. The second-order valence-corrected chi connectivity index (χ2v) is 7.56. The molecule has 0 bridgehead atoms. The Balaban J connectivity index is 1.71. The lowest BCUT2D eigenvalue weighted by molar-refractivity contribution is 0.232. The zero-order valence-electron chi connectivity index (χ0n) is 14.2. The number of nitrogens with one attached hydrogen (secondary N) is 2. The van der Waals surface area contributed by atoms with E-state index >= 15 is 0 Å². The molecule has 124 valence electrons. The molecule has 4 nitrogen and oxygen atoms in total. The highest BCUT2D eigenvalue weighted by molar-refractivity contribution is 7.10. The van der Waals surface area contributed by atoms with E-state index in [1.165, 1.54) is 37.2 Å². The van der Waals surface area contributed by atoms with Crippen molar-refractivity contribution in [2.45, 2.75) is 38.5 Å². The largest absolute Gasteiger partial charge is 0.356 e. The van der Waals surface area contributed by atoms with Crippen LogP contribution in [0.15, 0.2) is 22.5 Å². The molecule has 0 atom stereocenters. The van der Waals surface area contributed by atoms with Crippen LogP contribution in [0.25, 0.3) is 0 Å². The summed E-state index contributed by atoms with van der Waals surface area (Å²) in [6.45, 7) is 9.99. The number of hydrogen-bond acceptors (Lipinski definition) is 3. The lowest BCUT2D eigenvalue weighted by Gasteiger charge is -2.27. The van der Waals surface area contributed by atoms with Crippen molar-refractivity contribution in [3.63, 3.8) is 0 Å². The van der Waals surface area contributed by atoms with Crippen molar-refractivity contribution in [1.29, 1.82) is 0 Å². The summed E-state index contributed by atoms with van der Waals surface area (Å²) < 4.78 is 0. The molecular weight excluding hydrogens is 292 g/mol. The van der Waals surface area contributed by atoms with Gasteiger partial charge in [0.2, 0.25) is 0 Å². The number of likely N-dealkylation sites (tertiary alicyclic amines) is 1. The molecule has 1 aliphatic rings. The number of nitrogens with zero attached hydrogens (tertiary/aromatic N) is 2. The third-order valence-electron chi connectivity index (χ3n) is 4.28. The van der Waals surface area contributed by atoms with Gasteiger partial charge in [0.25, 0.3) is 0 Å². The molecule has 5 heteroatoms. The minimum atomic E-state index is 0.124. The summed E-state index contributed by atoms with van der Waals surface area (Å²) in [5, 5.41) is 9.04. The molecule has 2 N–H and O–H groups in total. The first-order valence-corrected chi connectivity index (χ1v) is 9.20. The molecular formula is C17H30N4S. The molecule has 0 amide bonds. The highest BCUT2D eigenvalue weighted by atomic mass is 32.1. The number of thiophene rings is 1. The van der Waals surface area contributed by atoms with Crippen LogP contribution in [0.4, 0.5) is 0 Å². The normalized spacial score (nSPS) is 17.5. The topological polar surface area (TPSA) is 39.7 Å². The van der Waals surface area contributed by atoms with Crippen LogP contribution in [-0.4, -0.2) is 50.6 Å². The first-order valence-electron chi connectivity index (χ1n) is 8.33. The average molecular weight is 323 g/mol. The van der Waals surface area contributed by atoms with Gasteiger partial charge in [0.1, 0.15) is 0 Å². The molecule has 1 aromatic rings. The number of piperidine rings is 1. The van der Waals surface area contributed by atoms with Gasteiger partial charge in [0.05, 0.1) is 0 Å². The minimum Gasteiger partial charge on any atom is -0.356 e. The second-order valence-electron chi connectivity index (χ2n) is 6.62. The number of rotatable bonds is 6. The maximum atomic E-state index is 4.33. The maximum Gasteiger partial charge on any atom is 0.191 e. The molecule has 2 heterocycles. The van der Waals surface area contributed by atoms with Crippen LogP contribution >= 0.6 is 11.3 Å². The molecule has 2 rings (SSSR count). The summed E-state index contributed by atoms with van der Waals surface area (Å²) in [4.78, 5) is 8.28. The monoisotopic (exact) mass is 322 g/mol. The lowest BCUT2D eigenvalue weighted by Crippen LogP contribution is -2.45. The van der Waals surface area contributed by atoms with E-state index < -0.39 is 0 Å². The van der Waals surface area contributed by atoms with Gasteiger partial charge in [-0.25, -0.2) is 0 Å². The summed E-state index contributed by atoms with van der Waals surface area (Å²) in [6, 6.07) is 4.33. The van der Waals surface area contributed by atoms with E-state index in [4.69, 9.17) is 0 Å². The van der Waals surface area contributed by atoms with E-state index in [1.807, 2.05) is 18.4 Å². The molecule has 1 aromatic heterocycles. The van der Waals surface area contributed by atoms with Gasteiger partial charge in [-0.05, 0) is 37.4 Å². The van der Waals surface area contributed by atoms with Gasteiger partial charge in [-0.1, -0.05) is 26.3 Å². The third kappa shape index (κ3) is 5.29. The molecule has 1 fully saturated rings. The molecule has 0 radical (unpaired) electrons. The van der Waals surface area contributed by atoms with Gasteiger partial charge in [0, 0.05) is 37.0 Å². The van der Waals surface area contributed by atoms with Crippen LogP contribution in [-0.2, 0) is 5.41 Å². The van der Waals surface area contributed by atoms with Gasteiger partial charge in [-0.3, -0.25) is 4.99 Å². The van der Waals surface area contributed by atoms with Crippen molar-refractivity contribution in [3.05, 3.63) is 22.4 Å². The fraction of sp³-hybridized carbons (Fsp3) is 0.706. The van der Waals surface area contributed by atoms with E-state index in [-0.39, 0.29) is 5.41 Å². The standard InChI is InChI=1S/C17H30N4S/c1-17(2,15-8-7-13-22-15)14-20-16(18-3)19-9-12-21-10-5-4-6-11-21/h7-8,13H,4-6,9-12,14H2,1-3H3,(H2,18,19,20). The molecule has 1 saturated heterocycles. The van der Waals surface area contributed by atoms with Crippen LogP contribution in [0.3, 0.4) is 0 Å². The van der Waals surface area contributed by atoms with Crippen molar-refractivity contribution >= 4 is 17.3 Å². The van der Waals surface area contributed by atoms with Crippen molar-refractivity contribution < 1.29 is 0 Å². The quantitative estimate of drug-likeness (QED) is 0.625. The Morgan fingerprint density at radius 3 is 2.68 bits per heavy atom. The molecule has 0 unspecified atom stereocenters. The Kier molecular flexibility index (Phi) is 6.70. The first-order chi connectivity index (χ1) is 10.6. The number of hydrogen-bond donors (Lipinski definition) is 2. The van der Waals surface area contributed by atoms with Gasteiger partial charge >= 0.3 is 0 Å². The summed E-state index contributed by atoms with van der Waals surface area (Å²) in [7, 11) is 1.84. The zero-order chi connectivity index (χ0) is 15.8. The fourth-order valence-corrected chi connectivity index (χ4v) is 3.64. The highest BCUT2D eigenvalue weighted by Gasteiger charge is 2.21. The second kappa shape index (κ2) is 8.53. The molecule has 0 saturated carbocycles. The first kappa shape index (κ1) is 17.3. The van der Waals surface area contributed by atoms with E-state index in [0.29, 0.717) is 0 Å². The van der Waals surface area contributed by atoms with Gasteiger partial charge < -0.3 is 15.5 Å². The Bertz CT molecular complexity index is 447. The van der Waals surface area contributed by atoms with Crippen molar-refractivity contribution in [1.82, 2.24) is 15.5 Å². The van der Waals surface area contributed by atoms with Gasteiger partial charge in [-0.15, -0.1) is 11.3 Å². The van der Waals surface area contributed by atoms with Crippen LogP contribution in [0.5, 0.6) is 0 Å². The zero-order valence-corrected chi connectivity index (χ0v) is 15.0. The van der Waals surface area contributed by atoms with Crippen molar-refractivity contribution in [2.24, 2.45) is 4.99 Å². The van der Waals surface area contributed by atoms with Gasteiger partial charge in [-0.2, -0.15) is 0 Å². The molecule has 0 aliphatic carbocycles. The van der Waals surface area contributed by atoms with E-state index in [2.05, 4.69) is 51.9 Å².